The highest BCUT2D eigenvalue weighted by Gasteiger charge is 2.16. The number of hydrogen-bond donors (Lipinski definition) is 0. The molecule has 0 saturated heterocycles. The SMILES string of the molecule is CC(C)(C)c1cnc(C(=O)CBr)cn1. The van der Waals surface area contributed by atoms with Crippen molar-refractivity contribution in [3.63, 3.8) is 0 Å². The van der Waals surface area contributed by atoms with Crippen molar-refractivity contribution in [1.29, 1.82) is 0 Å². The highest BCUT2D eigenvalue weighted by Crippen LogP contribution is 2.18. The maximum absolute atomic E-state index is 11.2. The minimum absolute atomic E-state index is 0.0248. The van der Waals surface area contributed by atoms with Crippen LogP contribution >= 0.6 is 15.9 Å². The van der Waals surface area contributed by atoms with E-state index in [0.29, 0.717) is 5.69 Å². The van der Waals surface area contributed by atoms with E-state index in [9.17, 15) is 4.79 Å². The lowest BCUT2D eigenvalue weighted by atomic mass is 9.93. The zero-order chi connectivity index (χ0) is 10.8. The minimum Gasteiger partial charge on any atom is -0.291 e. The third kappa shape index (κ3) is 2.61. The predicted molar refractivity (Wildman–Crippen MR) is 58.9 cm³/mol. The molecule has 4 heteroatoms. The monoisotopic (exact) mass is 256 g/mol. The summed E-state index contributed by atoms with van der Waals surface area (Å²) in [6, 6.07) is 0. The Hall–Kier alpha value is -0.770. The Morgan fingerprint density at radius 2 is 2.00 bits per heavy atom. The van der Waals surface area contributed by atoms with E-state index in [1.165, 1.54) is 6.20 Å². The first-order chi connectivity index (χ1) is 6.45. The zero-order valence-electron chi connectivity index (χ0n) is 8.54. The van der Waals surface area contributed by atoms with Gasteiger partial charge in [-0.25, -0.2) is 4.98 Å². The van der Waals surface area contributed by atoms with Crippen LogP contribution in [0.4, 0.5) is 0 Å². The standard InChI is InChI=1S/C10H13BrN2O/c1-10(2,3)9-6-12-7(5-13-9)8(14)4-11/h5-6H,4H2,1-3H3. The van der Waals surface area contributed by atoms with Gasteiger partial charge in [0.2, 0.25) is 0 Å². The predicted octanol–water partition coefficient (Wildman–Crippen LogP) is 2.35. The fourth-order valence-electron chi connectivity index (χ4n) is 0.928. The third-order valence-corrected chi connectivity index (χ3v) is 2.34. The van der Waals surface area contributed by atoms with Crippen LogP contribution in [0.25, 0.3) is 0 Å². The molecule has 76 valence electrons. The van der Waals surface area contributed by atoms with E-state index in [2.05, 4.69) is 46.7 Å². The summed E-state index contributed by atoms with van der Waals surface area (Å²) in [6.45, 7) is 6.18. The molecule has 1 aromatic heterocycles. The number of alkyl halides is 1. The maximum Gasteiger partial charge on any atom is 0.193 e. The Balaban J connectivity index is 2.95. The van der Waals surface area contributed by atoms with Crippen LogP contribution in [0.5, 0.6) is 0 Å². The van der Waals surface area contributed by atoms with Gasteiger partial charge in [0.25, 0.3) is 0 Å². The summed E-state index contributed by atoms with van der Waals surface area (Å²) in [7, 11) is 0. The van der Waals surface area contributed by atoms with E-state index in [4.69, 9.17) is 0 Å². The number of carbonyl (C=O) groups is 1. The van der Waals surface area contributed by atoms with Crippen molar-refractivity contribution < 1.29 is 4.79 Å². The summed E-state index contributed by atoms with van der Waals surface area (Å²) >= 11 is 3.09. The lowest BCUT2D eigenvalue weighted by molar-refractivity contribution is 0.101. The molecule has 0 bridgehead atoms. The molecular formula is C10H13BrN2O. The van der Waals surface area contributed by atoms with Crippen LogP contribution in [0, 0.1) is 0 Å². The molecule has 0 aliphatic heterocycles. The lowest BCUT2D eigenvalue weighted by Gasteiger charge is -2.16. The van der Waals surface area contributed by atoms with Crippen molar-refractivity contribution in [2.24, 2.45) is 0 Å². The van der Waals surface area contributed by atoms with Crippen LogP contribution < -0.4 is 0 Å². The summed E-state index contributed by atoms with van der Waals surface area (Å²) in [5.41, 5.74) is 1.28. The first-order valence-corrected chi connectivity index (χ1v) is 5.49. The number of carbonyl (C=O) groups excluding carboxylic acids is 1. The summed E-state index contributed by atoms with van der Waals surface area (Å²) < 4.78 is 0. The zero-order valence-corrected chi connectivity index (χ0v) is 10.1. The maximum atomic E-state index is 11.2. The molecule has 0 fully saturated rings. The number of Topliss-reactive ketones (excluding diaryl/α,β-unsaturated/α-hetero) is 1. The molecule has 0 N–H and O–H groups in total. The molecule has 0 radical (unpaired) electrons. The normalized spacial score (nSPS) is 11.4. The molecular weight excluding hydrogens is 244 g/mol. The Morgan fingerprint density at radius 1 is 1.36 bits per heavy atom. The Kier molecular flexibility index (Phi) is 3.37. The molecule has 1 rings (SSSR count). The molecule has 1 heterocycles. The van der Waals surface area contributed by atoms with E-state index in [1.54, 1.807) is 6.20 Å². The highest BCUT2D eigenvalue weighted by molar-refractivity contribution is 9.09. The van der Waals surface area contributed by atoms with Gasteiger partial charge in [-0.1, -0.05) is 36.7 Å². The van der Waals surface area contributed by atoms with Gasteiger partial charge in [-0.15, -0.1) is 0 Å². The second-order valence-electron chi connectivity index (χ2n) is 4.09. The Morgan fingerprint density at radius 3 is 2.36 bits per heavy atom. The van der Waals surface area contributed by atoms with Crippen molar-refractivity contribution in [1.82, 2.24) is 9.97 Å². The topological polar surface area (TPSA) is 42.9 Å². The van der Waals surface area contributed by atoms with Crippen LogP contribution in [0.3, 0.4) is 0 Å². The molecule has 1 aromatic rings. The van der Waals surface area contributed by atoms with Gasteiger partial charge in [0, 0.05) is 11.6 Å². The average molecular weight is 257 g/mol. The number of ketones is 1. The molecule has 0 aliphatic rings. The van der Waals surface area contributed by atoms with Gasteiger partial charge in [-0.2, -0.15) is 0 Å². The molecule has 0 spiro atoms. The smallest absolute Gasteiger partial charge is 0.193 e. The molecule has 0 aliphatic carbocycles. The molecule has 0 aromatic carbocycles. The van der Waals surface area contributed by atoms with Gasteiger partial charge >= 0.3 is 0 Å². The van der Waals surface area contributed by atoms with Gasteiger partial charge in [-0.3, -0.25) is 9.78 Å². The average Bonchev–Trinajstić information content (AvgIpc) is 2.15. The molecule has 0 amide bonds. The summed E-state index contributed by atoms with van der Waals surface area (Å²) in [5.74, 6) is -0.0436. The van der Waals surface area contributed by atoms with Gasteiger partial charge in [0.15, 0.2) is 5.78 Å². The van der Waals surface area contributed by atoms with Gasteiger partial charge < -0.3 is 0 Å². The van der Waals surface area contributed by atoms with E-state index in [1.807, 2.05) is 0 Å². The van der Waals surface area contributed by atoms with Crippen LogP contribution in [-0.4, -0.2) is 21.1 Å². The fourth-order valence-corrected chi connectivity index (χ4v) is 1.22. The summed E-state index contributed by atoms with van der Waals surface area (Å²) in [4.78, 5) is 19.5. The van der Waals surface area contributed by atoms with Crippen molar-refractivity contribution in [3.05, 3.63) is 23.8 Å². The van der Waals surface area contributed by atoms with Crippen molar-refractivity contribution in [2.45, 2.75) is 26.2 Å². The van der Waals surface area contributed by atoms with Crippen LogP contribution in [0.15, 0.2) is 12.4 Å². The number of halogens is 1. The van der Waals surface area contributed by atoms with E-state index in [0.717, 1.165) is 5.69 Å². The van der Waals surface area contributed by atoms with Crippen molar-refractivity contribution in [3.8, 4) is 0 Å². The largest absolute Gasteiger partial charge is 0.291 e. The highest BCUT2D eigenvalue weighted by atomic mass is 79.9. The molecule has 14 heavy (non-hydrogen) atoms. The van der Waals surface area contributed by atoms with Crippen LogP contribution in [0.1, 0.15) is 37.0 Å². The van der Waals surface area contributed by atoms with Crippen LogP contribution in [-0.2, 0) is 5.41 Å². The second-order valence-corrected chi connectivity index (χ2v) is 4.65. The lowest BCUT2D eigenvalue weighted by Crippen LogP contribution is -2.15. The Bertz CT molecular complexity index is 327. The van der Waals surface area contributed by atoms with Gasteiger partial charge in [0.1, 0.15) is 5.69 Å². The summed E-state index contributed by atoms with van der Waals surface area (Å²) in [5, 5.41) is 0.288. The molecule has 0 saturated carbocycles. The van der Waals surface area contributed by atoms with Crippen LogP contribution in [0.2, 0.25) is 0 Å². The summed E-state index contributed by atoms with van der Waals surface area (Å²) in [6.07, 6.45) is 3.19. The number of hydrogen-bond acceptors (Lipinski definition) is 3. The van der Waals surface area contributed by atoms with Gasteiger partial charge in [0.05, 0.1) is 17.2 Å². The van der Waals surface area contributed by atoms with Crippen molar-refractivity contribution >= 4 is 21.7 Å². The fraction of sp³-hybridized carbons (Fsp3) is 0.500. The first kappa shape index (κ1) is 11.3. The van der Waals surface area contributed by atoms with E-state index in [-0.39, 0.29) is 16.5 Å². The van der Waals surface area contributed by atoms with E-state index < -0.39 is 0 Å². The number of rotatable bonds is 2. The molecule has 3 nitrogen and oxygen atoms in total. The quantitative estimate of drug-likeness (QED) is 0.603. The van der Waals surface area contributed by atoms with Crippen molar-refractivity contribution in [2.75, 3.05) is 5.33 Å². The second kappa shape index (κ2) is 4.17. The third-order valence-electron chi connectivity index (χ3n) is 1.83. The molecule has 0 unspecified atom stereocenters. The number of aromatic nitrogens is 2. The minimum atomic E-state index is -0.0436. The molecule has 0 atom stereocenters. The Labute approximate surface area is 92.1 Å². The first-order valence-electron chi connectivity index (χ1n) is 4.37. The van der Waals surface area contributed by atoms with Gasteiger partial charge in [-0.05, 0) is 0 Å². The number of nitrogens with zero attached hydrogens (tertiary/aromatic N) is 2. The van der Waals surface area contributed by atoms with E-state index >= 15 is 0 Å².